The lowest BCUT2D eigenvalue weighted by molar-refractivity contribution is 0.0681. The normalized spacial score (nSPS) is 14.0. The smallest absolute Gasteiger partial charge is 0.354 e. The molecule has 6 nitrogen and oxygen atoms in total. The molecule has 6 heteroatoms. The number of hydrogen-bond acceptors (Lipinski definition) is 3. The number of amides is 1. The monoisotopic (exact) mass is 313 g/mol. The van der Waals surface area contributed by atoms with Gasteiger partial charge in [0, 0.05) is 24.3 Å². The molecule has 0 atom stereocenters. The molecular weight excluding hydrogens is 294 g/mol. The van der Waals surface area contributed by atoms with E-state index in [1.165, 1.54) is 10.7 Å². The van der Waals surface area contributed by atoms with Gasteiger partial charge in [-0.05, 0) is 38.3 Å². The van der Waals surface area contributed by atoms with Crippen LogP contribution in [0.4, 0.5) is 5.69 Å². The van der Waals surface area contributed by atoms with E-state index >= 15 is 0 Å². The van der Waals surface area contributed by atoms with Crippen molar-refractivity contribution >= 4 is 17.6 Å². The van der Waals surface area contributed by atoms with Gasteiger partial charge in [-0.25, -0.2) is 4.79 Å². The van der Waals surface area contributed by atoms with Gasteiger partial charge in [-0.1, -0.05) is 18.2 Å². The standard InChI is InChI=1S/C17H19N3O3/c1-11(2)20-15(17(22)23)10-13(18-20)16(21)19-9-5-7-12-6-3-4-8-14(12)19/h3-4,6,8,10-11H,5,7,9H2,1-2H3,(H,22,23). The van der Waals surface area contributed by atoms with Gasteiger partial charge in [0.15, 0.2) is 5.69 Å². The highest BCUT2D eigenvalue weighted by Crippen LogP contribution is 2.28. The molecule has 0 fully saturated rings. The maximum absolute atomic E-state index is 12.8. The number of benzene rings is 1. The molecule has 0 unspecified atom stereocenters. The third-order valence-corrected chi connectivity index (χ3v) is 4.02. The van der Waals surface area contributed by atoms with E-state index in [0.29, 0.717) is 6.54 Å². The Bertz CT molecular complexity index is 764. The molecule has 23 heavy (non-hydrogen) atoms. The summed E-state index contributed by atoms with van der Waals surface area (Å²) in [6.07, 6.45) is 1.83. The van der Waals surface area contributed by atoms with Crippen molar-refractivity contribution in [3.8, 4) is 0 Å². The Morgan fingerprint density at radius 3 is 2.65 bits per heavy atom. The minimum atomic E-state index is -1.08. The fourth-order valence-electron chi connectivity index (χ4n) is 2.94. The molecule has 0 saturated carbocycles. The Morgan fingerprint density at radius 2 is 2.00 bits per heavy atom. The lowest BCUT2D eigenvalue weighted by atomic mass is 10.0. The third kappa shape index (κ3) is 2.72. The number of fused-ring (bicyclic) bond motifs is 1. The van der Waals surface area contributed by atoms with E-state index in [1.807, 2.05) is 38.1 Å². The Kier molecular flexibility index (Phi) is 3.90. The molecule has 1 aliphatic rings. The molecular formula is C17H19N3O3. The van der Waals surface area contributed by atoms with Gasteiger partial charge in [0.25, 0.3) is 5.91 Å². The predicted molar refractivity (Wildman–Crippen MR) is 86.0 cm³/mol. The van der Waals surface area contributed by atoms with Crippen LogP contribution in [0, 0.1) is 0 Å². The van der Waals surface area contributed by atoms with E-state index in [0.717, 1.165) is 24.1 Å². The number of carboxylic acid groups (broad SMARTS) is 1. The molecule has 2 heterocycles. The zero-order valence-electron chi connectivity index (χ0n) is 13.2. The quantitative estimate of drug-likeness (QED) is 0.945. The molecule has 1 aliphatic heterocycles. The van der Waals surface area contributed by atoms with Crippen LogP contribution in [0.2, 0.25) is 0 Å². The first-order valence-corrected chi connectivity index (χ1v) is 7.71. The van der Waals surface area contributed by atoms with E-state index in [2.05, 4.69) is 5.10 Å². The van der Waals surface area contributed by atoms with Gasteiger partial charge in [0.1, 0.15) is 5.69 Å². The second-order valence-corrected chi connectivity index (χ2v) is 5.95. The van der Waals surface area contributed by atoms with Crippen LogP contribution in [0.5, 0.6) is 0 Å². The Hall–Kier alpha value is -2.63. The maximum atomic E-state index is 12.8. The van der Waals surface area contributed by atoms with Crippen molar-refractivity contribution in [1.82, 2.24) is 9.78 Å². The summed E-state index contributed by atoms with van der Waals surface area (Å²) in [5, 5.41) is 13.5. The van der Waals surface area contributed by atoms with Gasteiger partial charge in [0.2, 0.25) is 0 Å². The summed E-state index contributed by atoms with van der Waals surface area (Å²) >= 11 is 0. The van der Waals surface area contributed by atoms with Crippen molar-refractivity contribution < 1.29 is 14.7 Å². The van der Waals surface area contributed by atoms with Crippen molar-refractivity contribution in [1.29, 1.82) is 0 Å². The Morgan fingerprint density at radius 1 is 1.26 bits per heavy atom. The molecule has 3 rings (SSSR count). The highest BCUT2D eigenvalue weighted by atomic mass is 16.4. The van der Waals surface area contributed by atoms with Crippen LogP contribution >= 0.6 is 0 Å². The number of carboxylic acids is 1. The van der Waals surface area contributed by atoms with E-state index < -0.39 is 5.97 Å². The molecule has 1 aromatic heterocycles. The van der Waals surface area contributed by atoms with Crippen molar-refractivity contribution in [2.75, 3.05) is 11.4 Å². The molecule has 0 saturated heterocycles. The molecule has 0 bridgehead atoms. The number of carbonyl (C=O) groups is 2. The number of carbonyl (C=O) groups excluding carboxylic acids is 1. The molecule has 1 aromatic carbocycles. The number of hydrogen-bond donors (Lipinski definition) is 1. The highest BCUT2D eigenvalue weighted by molar-refractivity contribution is 6.06. The number of para-hydroxylation sites is 1. The number of aromatic nitrogens is 2. The summed E-state index contributed by atoms with van der Waals surface area (Å²) in [7, 11) is 0. The first-order chi connectivity index (χ1) is 11.0. The van der Waals surface area contributed by atoms with Gasteiger partial charge in [-0.15, -0.1) is 0 Å². The topological polar surface area (TPSA) is 75.4 Å². The lowest BCUT2D eigenvalue weighted by Gasteiger charge is -2.28. The SMILES string of the molecule is CC(C)n1nc(C(=O)N2CCCc3ccccc32)cc1C(=O)O. The molecule has 0 aliphatic carbocycles. The van der Waals surface area contributed by atoms with Gasteiger partial charge in [0.05, 0.1) is 0 Å². The molecule has 0 spiro atoms. The van der Waals surface area contributed by atoms with Gasteiger partial charge >= 0.3 is 5.97 Å². The first-order valence-electron chi connectivity index (χ1n) is 7.71. The van der Waals surface area contributed by atoms with Crippen LogP contribution in [0.25, 0.3) is 0 Å². The molecule has 0 radical (unpaired) electrons. The zero-order valence-corrected chi connectivity index (χ0v) is 13.2. The molecule has 1 N–H and O–H groups in total. The summed E-state index contributed by atoms with van der Waals surface area (Å²) in [5.41, 5.74) is 2.23. The van der Waals surface area contributed by atoms with Gasteiger partial charge in [-0.3, -0.25) is 9.48 Å². The third-order valence-electron chi connectivity index (χ3n) is 4.02. The predicted octanol–water partition coefficient (Wildman–Crippen LogP) is 2.76. The minimum absolute atomic E-state index is 0.0358. The summed E-state index contributed by atoms with van der Waals surface area (Å²) < 4.78 is 1.38. The number of aryl methyl sites for hydroxylation is 1. The molecule has 120 valence electrons. The van der Waals surface area contributed by atoms with Crippen LogP contribution < -0.4 is 4.90 Å². The minimum Gasteiger partial charge on any atom is -0.477 e. The zero-order chi connectivity index (χ0) is 16.6. The van der Waals surface area contributed by atoms with Crippen LogP contribution in [0.1, 0.15) is 52.9 Å². The van der Waals surface area contributed by atoms with E-state index in [4.69, 9.17) is 0 Å². The van der Waals surface area contributed by atoms with Crippen molar-refractivity contribution in [2.45, 2.75) is 32.7 Å². The highest BCUT2D eigenvalue weighted by Gasteiger charge is 2.27. The summed E-state index contributed by atoms with van der Waals surface area (Å²) in [6.45, 7) is 4.29. The second kappa shape index (κ2) is 5.87. The lowest BCUT2D eigenvalue weighted by Crippen LogP contribution is -2.35. The van der Waals surface area contributed by atoms with Crippen LogP contribution in [0.3, 0.4) is 0 Å². The number of rotatable bonds is 3. The average Bonchev–Trinajstić information content (AvgIpc) is 2.99. The van der Waals surface area contributed by atoms with E-state index in [-0.39, 0.29) is 23.3 Å². The summed E-state index contributed by atoms with van der Waals surface area (Å²) in [5.74, 6) is -1.33. The van der Waals surface area contributed by atoms with E-state index in [9.17, 15) is 14.7 Å². The van der Waals surface area contributed by atoms with Gasteiger partial charge in [-0.2, -0.15) is 5.10 Å². The Balaban J connectivity index is 1.99. The van der Waals surface area contributed by atoms with Gasteiger partial charge < -0.3 is 10.0 Å². The van der Waals surface area contributed by atoms with Crippen molar-refractivity contribution in [3.63, 3.8) is 0 Å². The van der Waals surface area contributed by atoms with Crippen molar-refractivity contribution in [2.24, 2.45) is 0 Å². The number of aromatic carboxylic acids is 1. The fraction of sp³-hybridized carbons (Fsp3) is 0.353. The Labute approximate surface area is 134 Å². The molecule has 2 aromatic rings. The fourth-order valence-corrected chi connectivity index (χ4v) is 2.94. The summed E-state index contributed by atoms with van der Waals surface area (Å²) in [6, 6.07) is 9.04. The maximum Gasteiger partial charge on any atom is 0.354 e. The van der Waals surface area contributed by atoms with Crippen LogP contribution in [0.15, 0.2) is 30.3 Å². The average molecular weight is 313 g/mol. The second-order valence-electron chi connectivity index (χ2n) is 5.95. The number of anilines is 1. The summed E-state index contributed by atoms with van der Waals surface area (Å²) in [4.78, 5) is 25.9. The number of nitrogens with zero attached hydrogens (tertiary/aromatic N) is 3. The van der Waals surface area contributed by atoms with Crippen LogP contribution in [-0.2, 0) is 6.42 Å². The van der Waals surface area contributed by atoms with Crippen LogP contribution in [-0.4, -0.2) is 33.3 Å². The van der Waals surface area contributed by atoms with Crippen molar-refractivity contribution in [3.05, 3.63) is 47.3 Å². The molecule has 1 amide bonds. The first kappa shape index (κ1) is 15.3. The van der Waals surface area contributed by atoms with E-state index in [1.54, 1.807) is 4.90 Å². The largest absolute Gasteiger partial charge is 0.477 e.